The van der Waals surface area contributed by atoms with Crippen LogP contribution in [0.5, 0.6) is 0 Å². The maximum Gasteiger partial charge on any atom is 0.0440 e. The topological polar surface area (TPSA) is 0 Å². The molecule has 232 valence electrons. The van der Waals surface area contributed by atoms with Crippen LogP contribution in [-0.4, -0.2) is 0 Å². The smallest absolute Gasteiger partial charge is 0.0440 e. The Morgan fingerprint density at radius 3 is 2.42 bits per heavy atom. The number of allylic oxidation sites excluding steroid dienone is 9. The molecule has 1 heterocycles. The highest BCUT2D eigenvalue weighted by Crippen LogP contribution is 2.42. The number of fused-ring (bicyclic) bond motifs is 7. The molecule has 0 spiro atoms. The molecule has 1 heteroatoms. The van der Waals surface area contributed by atoms with Gasteiger partial charge in [-0.15, -0.1) is 11.3 Å². The van der Waals surface area contributed by atoms with E-state index >= 15 is 0 Å². The van der Waals surface area contributed by atoms with Crippen LogP contribution < -0.4 is 0 Å². The summed E-state index contributed by atoms with van der Waals surface area (Å²) in [6, 6.07) is 44.7. The Hall–Kier alpha value is -5.24. The fraction of sp³-hybridized carbons (Fsp3) is 0.106. The van der Waals surface area contributed by atoms with Crippen molar-refractivity contribution in [3.05, 3.63) is 193 Å². The van der Waals surface area contributed by atoms with Crippen molar-refractivity contribution in [2.24, 2.45) is 0 Å². The molecule has 1 unspecified atom stereocenters. The van der Waals surface area contributed by atoms with E-state index in [1.807, 2.05) is 17.4 Å². The third kappa shape index (κ3) is 5.99. The van der Waals surface area contributed by atoms with Gasteiger partial charge in [-0.2, -0.15) is 0 Å². The largest absolute Gasteiger partial charge is 0.135 e. The third-order valence-electron chi connectivity index (χ3n) is 9.69. The maximum absolute atomic E-state index is 4.08. The third-order valence-corrected chi connectivity index (χ3v) is 10.9. The van der Waals surface area contributed by atoms with Gasteiger partial charge in [-0.05, 0) is 81.3 Å². The van der Waals surface area contributed by atoms with Crippen LogP contribution in [-0.2, 0) is 6.42 Å². The second-order valence-corrected chi connectivity index (χ2v) is 13.8. The Bertz CT molecular complexity index is 2410. The molecule has 0 saturated carbocycles. The molecule has 0 N–H and O–H groups in total. The van der Waals surface area contributed by atoms with Gasteiger partial charge in [0.2, 0.25) is 0 Å². The minimum Gasteiger partial charge on any atom is -0.135 e. The number of hydrogen-bond donors (Lipinski definition) is 0. The zero-order valence-corrected chi connectivity index (χ0v) is 27.9. The molecule has 0 amide bonds. The van der Waals surface area contributed by atoms with E-state index in [1.54, 1.807) is 0 Å². The SMILES string of the molecule is C=CC=C(C=CCc1cccc(-c2ccccc2)c1)CC(C1=CCCC=C1)c1ccc2c(ccc3ccc4c5ccccc5sc4c32)c1. The second-order valence-electron chi connectivity index (χ2n) is 12.8. The van der Waals surface area contributed by atoms with E-state index in [0.717, 1.165) is 25.7 Å². The van der Waals surface area contributed by atoms with Crippen LogP contribution in [0.2, 0.25) is 0 Å². The highest BCUT2D eigenvalue weighted by molar-refractivity contribution is 7.26. The summed E-state index contributed by atoms with van der Waals surface area (Å²) in [5.41, 5.74) is 7.89. The Morgan fingerprint density at radius 2 is 1.54 bits per heavy atom. The summed E-state index contributed by atoms with van der Waals surface area (Å²) in [6.45, 7) is 4.08. The van der Waals surface area contributed by atoms with E-state index in [1.165, 1.54) is 75.1 Å². The normalized spacial score (nSPS) is 14.3. The predicted octanol–water partition coefficient (Wildman–Crippen LogP) is 13.7. The summed E-state index contributed by atoms with van der Waals surface area (Å²) in [6.07, 6.45) is 19.9. The van der Waals surface area contributed by atoms with E-state index in [9.17, 15) is 0 Å². The first-order chi connectivity index (χ1) is 23.7. The van der Waals surface area contributed by atoms with Gasteiger partial charge in [0.05, 0.1) is 0 Å². The van der Waals surface area contributed by atoms with Gasteiger partial charge < -0.3 is 0 Å². The molecule has 1 aliphatic carbocycles. The highest BCUT2D eigenvalue weighted by atomic mass is 32.1. The average molecular weight is 635 g/mol. The first-order valence-electron chi connectivity index (χ1n) is 17.0. The van der Waals surface area contributed by atoms with Crippen molar-refractivity contribution in [3.8, 4) is 11.1 Å². The summed E-state index contributed by atoms with van der Waals surface area (Å²) in [5.74, 6) is 0.263. The van der Waals surface area contributed by atoms with Crippen molar-refractivity contribution < 1.29 is 0 Å². The minimum atomic E-state index is 0.263. The van der Waals surface area contributed by atoms with E-state index < -0.39 is 0 Å². The monoisotopic (exact) mass is 634 g/mol. The van der Waals surface area contributed by atoms with Gasteiger partial charge in [-0.1, -0.05) is 164 Å². The average Bonchev–Trinajstić information content (AvgIpc) is 3.53. The van der Waals surface area contributed by atoms with Crippen molar-refractivity contribution in [2.75, 3.05) is 0 Å². The lowest BCUT2D eigenvalue weighted by atomic mass is 9.82. The molecule has 0 aliphatic heterocycles. The van der Waals surface area contributed by atoms with E-state index in [2.05, 4.69) is 164 Å². The van der Waals surface area contributed by atoms with Crippen molar-refractivity contribution in [1.82, 2.24) is 0 Å². The summed E-state index contributed by atoms with van der Waals surface area (Å²) < 4.78 is 2.74. The van der Waals surface area contributed by atoms with Crippen molar-refractivity contribution >= 4 is 53.1 Å². The van der Waals surface area contributed by atoms with E-state index in [-0.39, 0.29) is 5.92 Å². The van der Waals surface area contributed by atoms with Crippen LogP contribution in [0.25, 0.3) is 52.8 Å². The summed E-state index contributed by atoms with van der Waals surface area (Å²) in [7, 11) is 0. The van der Waals surface area contributed by atoms with Gasteiger partial charge in [0.25, 0.3) is 0 Å². The second kappa shape index (κ2) is 13.5. The molecular weight excluding hydrogens is 597 g/mol. The van der Waals surface area contributed by atoms with E-state index in [0.29, 0.717) is 0 Å². The van der Waals surface area contributed by atoms with Gasteiger partial charge >= 0.3 is 0 Å². The molecule has 0 saturated heterocycles. The van der Waals surface area contributed by atoms with Crippen LogP contribution in [0.1, 0.15) is 36.3 Å². The molecule has 0 radical (unpaired) electrons. The van der Waals surface area contributed by atoms with Gasteiger partial charge in [0.15, 0.2) is 0 Å². The van der Waals surface area contributed by atoms with Crippen LogP contribution in [0, 0.1) is 0 Å². The standard InChI is InChI=1S/C47H38S/c1-2-13-33(14-11-15-34-16-12-21-38(30-34)35-17-5-3-6-18-35)31-44(36-19-7-4-8-20-36)40-27-28-41-39(32-40)25-24-37-26-29-43-42-22-9-10-23-45(42)48-47(43)46(37)41/h2-3,5-7,9-14,16-30,32,44H,1,4,8,15,31H2. The first kappa shape index (κ1) is 30.1. The Labute approximate surface area is 287 Å². The fourth-order valence-electron chi connectivity index (χ4n) is 7.32. The molecule has 7 aromatic rings. The van der Waals surface area contributed by atoms with E-state index in [4.69, 9.17) is 0 Å². The van der Waals surface area contributed by atoms with Gasteiger partial charge in [0, 0.05) is 31.5 Å². The zero-order chi connectivity index (χ0) is 32.3. The molecule has 1 aliphatic rings. The van der Waals surface area contributed by atoms with Crippen LogP contribution in [0.3, 0.4) is 0 Å². The lowest BCUT2D eigenvalue weighted by molar-refractivity contribution is 0.792. The molecular formula is C47H38S. The number of thiophene rings is 1. The Balaban J connectivity index is 1.13. The van der Waals surface area contributed by atoms with Gasteiger partial charge in [-0.25, -0.2) is 0 Å². The Morgan fingerprint density at radius 1 is 0.729 bits per heavy atom. The van der Waals surface area contributed by atoms with Crippen molar-refractivity contribution in [1.29, 1.82) is 0 Å². The maximum atomic E-state index is 4.08. The number of rotatable bonds is 9. The van der Waals surface area contributed by atoms with Crippen molar-refractivity contribution in [2.45, 2.75) is 31.6 Å². The highest BCUT2D eigenvalue weighted by Gasteiger charge is 2.19. The fourth-order valence-corrected chi connectivity index (χ4v) is 8.59. The molecule has 6 aromatic carbocycles. The van der Waals surface area contributed by atoms with Crippen LogP contribution in [0.4, 0.5) is 0 Å². The molecule has 1 aromatic heterocycles. The lowest BCUT2D eigenvalue weighted by Gasteiger charge is -2.22. The molecule has 8 rings (SSSR count). The van der Waals surface area contributed by atoms with Crippen LogP contribution in [0.15, 0.2) is 182 Å². The lowest BCUT2D eigenvalue weighted by Crippen LogP contribution is -2.05. The molecule has 48 heavy (non-hydrogen) atoms. The summed E-state index contributed by atoms with van der Waals surface area (Å²) in [4.78, 5) is 0. The molecule has 0 bridgehead atoms. The first-order valence-corrected chi connectivity index (χ1v) is 17.8. The quantitative estimate of drug-likeness (QED) is 0.109. The number of hydrogen-bond acceptors (Lipinski definition) is 1. The van der Waals surface area contributed by atoms with Gasteiger partial charge in [-0.3, -0.25) is 0 Å². The van der Waals surface area contributed by atoms with Gasteiger partial charge in [0.1, 0.15) is 0 Å². The minimum absolute atomic E-state index is 0.263. The molecule has 0 nitrogen and oxygen atoms in total. The Kier molecular flexibility index (Phi) is 8.45. The molecule has 0 fully saturated rings. The number of benzene rings is 6. The van der Waals surface area contributed by atoms with Crippen molar-refractivity contribution in [3.63, 3.8) is 0 Å². The molecule has 1 atom stereocenters. The van der Waals surface area contributed by atoms with Crippen LogP contribution >= 0.6 is 11.3 Å². The summed E-state index contributed by atoms with van der Waals surface area (Å²) in [5, 5.41) is 8.02. The zero-order valence-electron chi connectivity index (χ0n) is 27.1. The predicted molar refractivity (Wildman–Crippen MR) is 211 cm³/mol. The summed E-state index contributed by atoms with van der Waals surface area (Å²) >= 11 is 1.92.